The van der Waals surface area contributed by atoms with Crippen LogP contribution >= 0.6 is 0 Å². The number of likely N-dealkylation sites (N-methyl/N-ethyl adjacent to an activating group) is 1. The molecule has 2 rings (SSSR count). The van der Waals surface area contributed by atoms with Crippen molar-refractivity contribution in [3.8, 4) is 0 Å². The van der Waals surface area contributed by atoms with Crippen LogP contribution in [0.25, 0.3) is 0 Å². The molecule has 1 fully saturated rings. The molecule has 23 heavy (non-hydrogen) atoms. The van der Waals surface area contributed by atoms with Gasteiger partial charge in [0.1, 0.15) is 0 Å². The van der Waals surface area contributed by atoms with Crippen molar-refractivity contribution in [1.82, 2.24) is 4.90 Å². The van der Waals surface area contributed by atoms with Crippen LogP contribution in [0, 0.1) is 0 Å². The Kier molecular flexibility index (Phi) is 4.93. The van der Waals surface area contributed by atoms with Gasteiger partial charge in [-0.15, -0.1) is 0 Å². The molecule has 0 bridgehead atoms. The summed E-state index contributed by atoms with van der Waals surface area (Å²) in [6.07, 6.45) is -4.30. The zero-order valence-electron chi connectivity index (χ0n) is 12.5. The van der Waals surface area contributed by atoms with Gasteiger partial charge in [-0.25, -0.2) is 0 Å². The molecule has 1 amide bonds. The number of carboxylic acids is 1. The summed E-state index contributed by atoms with van der Waals surface area (Å²) in [5.74, 6) is -1.42. The lowest BCUT2D eigenvalue weighted by molar-refractivity contribution is -0.138. The standard InChI is InChI=1S/C15H17F3N2O3/c1-19(8-7-13(21)22)12-6-9-20(14(12)23)11-5-3-2-4-10(11)15(16,17)18/h2-5,12H,6-9H2,1H3,(H,21,22). The number of anilines is 1. The Hall–Kier alpha value is -2.09. The van der Waals surface area contributed by atoms with Crippen LogP contribution < -0.4 is 4.90 Å². The topological polar surface area (TPSA) is 60.9 Å². The number of nitrogens with zero attached hydrogens (tertiary/aromatic N) is 2. The van der Waals surface area contributed by atoms with Gasteiger partial charge < -0.3 is 10.0 Å². The van der Waals surface area contributed by atoms with Gasteiger partial charge in [0.25, 0.3) is 0 Å². The molecule has 1 aromatic carbocycles. The van der Waals surface area contributed by atoms with Crippen LogP contribution in [0.4, 0.5) is 18.9 Å². The predicted octanol–water partition coefficient (Wildman–Crippen LogP) is 2.22. The first-order valence-electron chi connectivity index (χ1n) is 7.11. The highest BCUT2D eigenvalue weighted by Gasteiger charge is 2.40. The summed E-state index contributed by atoms with van der Waals surface area (Å²) >= 11 is 0. The van der Waals surface area contributed by atoms with Gasteiger partial charge in [0, 0.05) is 13.1 Å². The average molecular weight is 330 g/mol. The second-order valence-electron chi connectivity index (χ2n) is 5.43. The van der Waals surface area contributed by atoms with Crippen molar-refractivity contribution in [2.45, 2.75) is 25.1 Å². The number of hydrogen-bond donors (Lipinski definition) is 1. The predicted molar refractivity (Wildman–Crippen MR) is 77.1 cm³/mol. The first kappa shape index (κ1) is 17.3. The lowest BCUT2D eigenvalue weighted by Gasteiger charge is -2.24. The molecule has 8 heteroatoms. The maximum absolute atomic E-state index is 13.1. The Morgan fingerprint density at radius 3 is 2.65 bits per heavy atom. The Labute approximate surface area is 131 Å². The molecule has 1 N–H and O–H groups in total. The number of carbonyl (C=O) groups excluding carboxylic acids is 1. The van der Waals surface area contributed by atoms with E-state index in [2.05, 4.69) is 0 Å². The highest BCUT2D eigenvalue weighted by Crippen LogP contribution is 2.38. The Morgan fingerprint density at radius 1 is 1.39 bits per heavy atom. The van der Waals surface area contributed by atoms with Crippen molar-refractivity contribution in [2.24, 2.45) is 0 Å². The zero-order chi connectivity index (χ0) is 17.2. The molecule has 1 aromatic rings. The van der Waals surface area contributed by atoms with Crippen LogP contribution in [0.2, 0.25) is 0 Å². The van der Waals surface area contributed by atoms with E-state index in [1.165, 1.54) is 18.2 Å². The van der Waals surface area contributed by atoms with Crippen molar-refractivity contribution in [3.63, 3.8) is 0 Å². The van der Waals surface area contributed by atoms with Crippen LogP contribution in [0.1, 0.15) is 18.4 Å². The number of alkyl halides is 3. The van der Waals surface area contributed by atoms with Crippen molar-refractivity contribution in [3.05, 3.63) is 29.8 Å². The molecule has 1 atom stereocenters. The van der Waals surface area contributed by atoms with Gasteiger partial charge in [-0.2, -0.15) is 13.2 Å². The molecule has 1 unspecified atom stereocenters. The molecular weight excluding hydrogens is 313 g/mol. The first-order valence-corrected chi connectivity index (χ1v) is 7.11. The number of benzene rings is 1. The number of para-hydroxylation sites is 1. The fraction of sp³-hybridized carbons (Fsp3) is 0.467. The number of amides is 1. The number of carboxylic acid groups (broad SMARTS) is 1. The monoisotopic (exact) mass is 330 g/mol. The third kappa shape index (κ3) is 3.82. The third-order valence-electron chi connectivity index (χ3n) is 3.89. The second kappa shape index (κ2) is 6.57. The van der Waals surface area contributed by atoms with Gasteiger partial charge in [-0.05, 0) is 25.6 Å². The van der Waals surface area contributed by atoms with Gasteiger partial charge in [-0.3, -0.25) is 14.5 Å². The van der Waals surface area contributed by atoms with Crippen molar-refractivity contribution in [1.29, 1.82) is 0 Å². The summed E-state index contributed by atoms with van der Waals surface area (Å²) in [5, 5.41) is 8.68. The van der Waals surface area contributed by atoms with E-state index >= 15 is 0 Å². The van der Waals surface area contributed by atoms with Crippen LogP contribution in [-0.4, -0.2) is 48.1 Å². The number of halogens is 3. The van der Waals surface area contributed by atoms with E-state index in [9.17, 15) is 22.8 Å². The summed E-state index contributed by atoms with van der Waals surface area (Å²) in [7, 11) is 1.60. The van der Waals surface area contributed by atoms with E-state index in [1.807, 2.05) is 0 Å². The van der Waals surface area contributed by atoms with E-state index < -0.39 is 29.7 Å². The summed E-state index contributed by atoms with van der Waals surface area (Å²) in [5.41, 5.74) is -0.999. The Balaban J connectivity index is 2.18. The molecular formula is C15H17F3N2O3. The minimum atomic E-state index is -4.54. The van der Waals surface area contributed by atoms with E-state index in [4.69, 9.17) is 5.11 Å². The molecule has 1 aliphatic rings. The molecule has 0 saturated carbocycles. The lowest BCUT2D eigenvalue weighted by Crippen LogP contribution is -2.41. The quantitative estimate of drug-likeness (QED) is 0.899. The molecule has 0 aliphatic carbocycles. The number of hydrogen-bond acceptors (Lipinski definition) is 3. The number of carbonyl (C=O) groups is 2. The fourth-order valence-corrected chi connectivity index (χ4v) is 2.69. The summed E-state index contributed by atoms with van der Waals surface area (Å²) in [4.78, 5) is 25.7. The summed E-state index contributed by atoms with van der Waals surface area (Å²) in [6, 6.07) is 4.36. The minimum absolute atomic E-state index is 0.126. The van der Waals surface area contributed by atoms with Crippen molar-refractivity contribution >= 4 is 17.6 Å². The maximum Gasteiger partial charge on any atom is 0.418 e. The summed E-state index contributed by atoms with van der Waals surface area (Å²) in [6.45, 7) is 0.342. The van der Waals surface area contributed by atoms with E-state index in [0.29, 0.717) is 6.42 Å². The van der Waals surface area contributed by atoms with Crippen LogP contribution in [-0.2, 0) is 15.8 Å². The van der Waals surface area contributed by atoms with Gasteiger partial charge >= 0.3 is 12.1 Å². The smallest absolute Gasteiger partial charge is 0.418 e. The van der Waals surface area contributed by atoms with Crippen molar-refractivity contribution < 1.29 is 27.9 Å². The van der Waals surface area contributed by atoms with Gasteiger partial charge in [0.05, 0.1) is 23.7 Å². The molecule has 126 valence electrons. The maximum atomic E-state index is 13.1. The lowest BCUT2D eigenvalue weighted by atomic mass is 10.1. The molecule has 1 aliphatic heterocycles. The van der Waals surface area contributed by atoms with E-state index in [-0.39, 0.29) is 25.2 Å². The summed E-state index contributed by atoms with van der Waals surface area (Å²) < 4.78 is 39.2. The van der Waals surface area contributed by atoms with E-state index in [1.54, 1.807) is 11.9 Å². The number of aliphatic carboxylic acids is 1. The third-order valence-corrected chi connectivity index (χ3v) is 3.89. The molecule has 1 heterocycles. The Bertz CT molecular complexity index is 604. The number of rotatable bonds is 5. The SMILES string of the molecule is CN(CCC(=O)O)C1CCN(c2ccccc2C(F)(F)F)C1=O. The van der Waals surface area contributed by atoms with E-state index in [0.717, 1.165) is 11.0 Å². The van der Waals surface area contributed by atoms with Gasteiger partial charge in [0.2, 0.25) is 5.91 Å². The fourth-order valence-electron chi connectivity index (χ4n) is 2.69. The highest BCUT2D eigenvalue weighted by molar-refractivity contribution is 6.00. The first-order chi connectivity index (χ1) is 10.7. The van der Waals surface area contributed by atoms with Gasteiger partial charge in [-0.1, -0.05) is 12.1 Å². The Morgan fingerprint density at radius 2 is 2.04 bits per heavy atom. The molecule has 0 spiro atoms. The van der Waals surface area contributed by atoms with Crippen LogP contribution in [0.5, 0.6) is 0 Å². The molecule has 5 nitrogen and oxygen atoms in total. The largest absolute Gasteiger partial charge is 0.481 e. The molecule has 0 radical (unpaired) electrons. The normalized spacial score (nSPS) is 18.7. The highest BCUT2D eigenvalue weighted by atomic mass is 19.4. The minimum Gasteiger partial charge on any atom is -0.481 e. The average Bonchev–Trinajstić information content (AvgIpc) is 2.85. The van der Waals surface area contributed by atoms with Crippen LogP contribution in [0.15, 0.2) is 24.3 Å². The zero-order valence-corrected chi connectivity index (χ0v) is 12.5. The molecule has 0 aromatic heterocycles. The molecule has 1 saturated heterocycles. The second-order valence-corrected chi connectivity index (χ2v) is 5.43. The van der Waals surface area contributed by atoms with Crippen LogP contribution in [0.3, 0.4) is 0 Å². The van der Waals surface area contributed by atoms with Crippen molar-refractivity contribution in [2.75, 3.05) is 25.0 Å². The van der Waals surface area contributed by atoms with Gasteiger partial charge in [0.15, 0.2) is 0 Å².